The summed E-state index contributed by atoms with van der Waals surface area (Å²) in [5.41, 5.74) is 10.0. The maximum atomic E-state index is 13.6. The van der Waals surface area contributed by atoms with Gasteiger partial charge in [0.15, 0.2) is 11.3 Å². The predicted molar refractivity (Wildman–Crippen MR) is 184 cm³/mol. The Morgan fingerprint density at radius 2 is 1.94 bits per heavy atom. The highest BCUT2D eigenvalue weighted by Crippen LogP contribution is 2.40. The molecule has 20 nitrogen and oxygen atoms in total. The van der Waals surface area contributed by atoms with Crippen LogP contribution in [0.5, 0.6) is 5.75 Å². The van der Waals surface area contributed by atoms with Crippen LogP contribution >= 0.6 is 23.3 Å². The lowest BCUT2D eigenvalue weighted by atomic mass is 10.0. The highest BCUT2D eigenvalue weighted by molar-refractivity contribution is 8.00. The number of nitrogen functional groups attached to an aromatic ring is 1. The van der Waals surface area contributed by atoms with Crippen molar-refractivity contribution < 1.29 is 48.0 Å². The van der Waals surface area contributed by atoms with E-state index in [-0.39, 0.29) is 41.4 Å². The summed E-state index contributed by atoms with van der Waals surface area (Å²) in [5.74, 6) is -3.31. The summed E-state index contributed by atoms with van der Waals surface area (Å²) in [6.07, 6.45) is 3.01. The van der Waals surface area contributed by atoms with E-state index < -0.39 is 52.5 Å². The summed E-state index contributed by atoms with van der Waals surface area (Å²) >= 11 is 1.98. The minimum Gasteiger partial charge on any atom is -0.543 e. The number of carboxylic acids is 1. The monoisotopic (exact) mass is 765 g/mol. The third-order valence-corrected chi connectivity index (χ3v) is 9.81. The Balaban J connectivity index is 1.17. The third-order valence-electron chi connectivity index (χ3n) is 7.93. The van der Waals surface area contributed by atoms with Crippen LogP contribution in [0.25, 0.3) is 5.65 Å². The summed E-state index contributed by atoms with van der Waals surface area (Å²) in [6.45, 7) is 2.67. The number of rotatable bonds is 13. The zero-order valence-corrected chi connectivity index (χ0v) is 29.8. The number of fused-ring (bicyclic) bond motifs is 2. The SMILES string of the molecule is COc1ccc(COC(=O)C(C)(C)O/N=C(\C(=O)N[C@@H]2C(=O)N3C(C(=O)[O-])=C(C[n+]4cc(NC(N)=O)n5ncccc54)CS[C@H]23)c2nsc(N)n2)cc1. The maximum Gasteiger partial charge on any atom is 0.353 e. The first kappa shape index (κ1) is 36.5. The molecule has 53 heavy (non-hydrogen) atoms. The number of esters is 1. The Hall–Kier alpha value is -6.29. The summed E-state index contributed by atoms with van der Waals surface area (Å²) in [7, 11) is 1.53. The first-order valence-electron chi connectivity index (χ1n) is 15.5. The number of aliphatic carboxylic acids is 1. The van der Waals surface area contributed by atoms with E-state index >= 15 is 0 Å². The number of amides is 4. The van der Waals surface area contributed by atoms with Crippen molar-refractivity contribution in [1.82, 2.24) is 29.2 Å². The van der Waals surface area contributed by atoms with Crippen LogP contribution in [0.1, 0.15) is 25.2 Å². The molecular formula is C31H31N11O9S2. The number of thioether (sulfide) groups is 1. The van der Waals surface area contributed by atoms with Gasteiger partial charge in [0, 0.05) is 28.9 Å². The summed E-state index contributed by atoms with van der Waals surface area (Å²) in [6, 6.07) is 8.20. The number of urea groups is 1. The van der Waals surface area contributed by atoms with Gasteiger partial charge in [-0.1, -0.05) is 26.9 Å². The van der Waals surface area contributed by atoms with Gasteiger partial charge in [-0.2, -0.15) is 9.36 Å². The number of ether oxygens (including phenoxy) is 2. The van der Waals surface area contributed by atoms with Gasteiger partial charge in [-0.25, -0.2) is 14.2 Å². The first-order chi connectivity index (χ1) is 25.3. The number of methoxy groups -OCH3 is 1. The smallest absolute Gasteiger partial charge is 0.353 e. The molecule has 22 heteroatoms. The fraction of sp³-hybridized carbons (Fsp3) is 0.290. The molecule has 0 radical (unpaired) electrons. The standard InChI is InChI=1S/C31H31N11O9S2/c1-31(2,28(47)50-13-15-6-8-17(49-3)9-7-15)51-38-20(23-37-30(33)53-39-23)24(43)36-21-25(44)41-22(27(45)46)16(14-52-26(21)41)11-40-12-18(35-29(32)48)42-19(40)5-4-10-34-42/h4-10,12,21,26H,11,13-14H2,1-3H3,(H6-,32,33,34,35,36,37,39,43,45,46,48)/b38-20-/t21-,26-/m1/s1. The van der Waals surface area contributed by atoms with Gasteiger partial charge in [-0.15, -0.1) is 11.8 Å². The van der Waals surface area contributed by atoms with E-state index in [1.807, 2.05) is 0 Å². The van der Waals surface area contributed by atoms with Crippen molar-refractivity contribution in [2.75, 3.05) is 23.9 Å². The minimum atomic E-state index is -1.69. The van der Waals surface area contributed by atoms with Crippen LogP contribution in [-0.2, 0) is 41.9 Å². The number of carbonyl (C=O) groups excluding carboxylic acids is 5. The van der Waals surface area contributed by atoms with Gasteiger partial charge in [-0.3, -0.25) is 19.8 Å². The molecule has 276 valence electrons. The van der Waals surface area contributed by atoms with Crippen LogP contribution in [0, 0.1) is 0 Å². The van der Waals surface area contributed by atoms with Crippen molar-refractivity contribution in [3.8, 4) is 5.75 Å². The fourth-order valence-electron chi connectivity index (χ4n) is 5.34. The number of primary amides is 1. The Labute approximate surface area is 307 Å². The van der Waals surface area contributed by atoms with Crippen molar-refractivity contribution in [2.24, 2.45) is 10.9 Å². The molecular weight excluding hydrogens is 735 g/mol. The fourth-order valence-corrected chi connectivity index (χ4v) is 7.11. The van der Waals surface area contributed by atoms with Crippen molar-refractivity contribution in [3.05, 3.63) is 71.4 Å². The Bertz CT molecular complexity index is 2180. The van der Waals surface area contributed by atoms with Gasteiger partial charge in [-0.05, 0) is 37.6 Å². The van der Waals surface area contributed by atoms with Crippen molar-refractivity contribution in [1.29, 1.82) is 0 Å². The minimum absolute atomic E-state index is 0.00541. The number of hydrogen-bond acceptors (Lipinski definition) is 16. The van der Waals surface area contributed by atoms with Crippen LogP contribution < -0.4 is 36.5 Å². The number of benzene rings is 1. The molecule has 1 saturated heterocycles. The largest absolute Gasteiger partial charge is 0.543 e. The maximum absolute atomic E-state index is 13.6. The molecule has 4 aromatic rings. The highest BCUT2D eigenvalue weighted by Gasteiger charge is 2.53. The van der Waals surface area contributed by atoms with Crippen LogP contribution in [0.2, 0.25) is 0 Å². The van der Waals surface area contributed by atoms with Crippen LogP contribution in [-0.4, -0.2) is 89.2 Å². The second-order valence-corrected chi connectivity index (χ2v) is 13.8. The molecule has 0 unspecified atom stereocenters. The Morgan fingerprint density at radius 3 is 2.60 bits per heavy atom. The van der Waals surface area contributed by atoms with Gasteiger partial charge in [0.2, 0.25) is 17.1 Å². The number of imidazole rings is 1. The summed E-state index contributed by atoms with van der Waals surface area (Å²) < 4.78 is 17.6. The Kier molecular flexibility index (Phi) is 10.2. The first-order valence-corrected chi connectivity index (χ1v) is 17.4. The molecule has 0 saturated carbocycles. The van der Waals surface area contributed by atoms with E-state index in [0.29, 0.717) is 22.5 Å². The molecule has 3 aromatic heterocycles. The number of nitrogens with one attached hydrogen (secondary N) is 2. The number of nitrogens with zero attached hydrogens (tertiary/aromatic N) is 7. The molecule has 4 amide bonds. The lowest BCUT2D eigenvalue weighted by Gasteiger charge is -2.50. The molecule has 2 atom stereocenters. The van der Waals surface area contributed by atoms with Crippen molar-refractivity contribution in [3.63, 3.8) is 0 Å². The van der Waals surface area contributed by atoms with Gasteiger partial charge in [0.25, 0.3) is 17.6 Å². The van der Waals surface area contributed by atoms with E-state index in [1.54, 1.807) is 41.0 Å². The number of nitrogens with two attached hydrogens (primary N) is 2. The molecule has 2 aliphatic heterocycles. The van der Waals surface area contributed by atoms with E-state index in [1.165, 1.54) is 49.6 Å². The number of oxime groups is 1. The molecule has 6 rings (SSSR count). The molecule has 1 fully saturated rings. The molecule has 1 aromatic carbocycles. The van der Waals surface area contributed by atoms with Gasteiger partial charge < -0.3 is 41.0 Å². The van der Waals surface area contributed by atoms with Crippen LogP contribution in [0.15, 0.2) is 65.2 Å². The number of β-lactam (4-membered cyclic amide) rings is 1. The molecule has 6 N–H and O–H groups in total. The van der Waals surface area contributed by atoms with Crippen molar-refractivity contribution >= 4 is 75.4 Å². The molecule has 0 aliphatic carbocycles. The van der Waals surface area contributed by atoms with Gasteiger partial charge in [0.05, 0.1) is 25.0 Å². The molecule has 2 aliphatic rings. The second-order valence-electron chi connectivity index (χ2n) is 11.9. The third kappa shape index (κ3) is 7.53. The number of carbonyl (C=O) groups is 5. The van der Waals surface area contributed by atoms with E-state index in [2.05, 4.69) is 30.2 Å². The van der Waals surface area contributed by atoms with Crippen LogP contribution in [0.3, 0.4) is 0 Å². The van der Waals surface area contributed by atoms with Gasteiger partial charge in [0.1, 0.15) is 30.3 Å². The zero-order chi connectivity index (χ0) is 38.0. The van der Waals surface area contributed by atoms with E-state index in [9.17, 15) is 29.1 Å². The lowest BCUT2D eigenvalue weighted by Crippen LogP contribution is -2.71. The average Bonchev–Trinajstić information content (AvgIpc) is 3.71. The summed E-state index contributed by atoms with van der Waals surface area (Å²) in [5, 5.41) is 24.7. The number of aromatic nitrogens is 5. The van der Waals surface area contributed by atoms with E-state index in [4.69, 9.17) is 25.8 Å². The normalized spacial score (nSPS) is 17.2. The topological polar surface area (TPSA) is 275 Å². The van der Waals surface area contributed by atoms with Crippen molar-refractivity contribution in [2.45, 2.75) is 44.0 Å². The second kappa shape index (κ2) is 14.7. The lowest BCUT2D eigenvalue weighted by molar-refractivity contribution is -0.662. The predicted octanol–water partition coefficient (Wildman–Crippen LogP) is -1.10. The number of hydrogen-bond donors (Lipinski definition) is 4. The Morgan fingerprint density at radius 1 is 1.19 bits per heavy atom. The zero-order valence-electron chi connectivity index (χ0n) is 28.2. The van der Waals surface area contributed by atoms with E-state index in [0.717, 1.165) is 16.4 Å². The summed E-state index contributed by atoms with van der Waals surface area (Å²) in [4.78, 5) is 74.5. The number of carboxylic acid groups (broad SMARTS) is 1. The number of anilines is 2. The molecule has 0 spiro atoms. The quantitative estimate of drug-likeness (QED) is 0.0414. The highest BCUT2D eigenvalue weighted by atomic mass is 32.2. The van der Waals surface area contributed by atoms with Gasteiger partial charge >= 0.3 is 17.6 Å². The average molecular weight is 766 g/mol. The molecule has 5 heterocycles. The van der Waals surface area contributed by atoms with Crippen LogP contribution in [0.4, 0.5) is 15.7 Å². The molecule has 0 bridgehead atoms.